The largest absolute Gasteiger partial charge is 0.480 e. The molecular weight excluding hydrogens is 418 g/mol. The quantitative estimate of drug-likeness (QED) is 0.378. The van der Waals surface area contributed by atoms with Crippen molar-refractivity contribution in [2.45, 2.75) is 39.0 Å². The van der Waals surface area contributed by atoms with Crippen molar-refractivity contribution in [2.24, 2.45) is 5.92 Å². The lowest BCUT2D eigenvalue weighted by molar-refractivity contribution is -0.384. The maximum Gasteiger partial charge on any atom is 0.408 e. The fraction of sp³-hybridized carbons (Fsp3) is 0.318. The second-order valence-corrected chi connectivity index (χ2v) is 7.45. The third-order valence-corrected chi connectivity index (χ3v) is 4.64. The third kappa shape index (κ3) is 7.38. The molecule has 2 atom stereocenters. The van der Waals surface area contributed by atoms with Crippen molar-refractivity contribution in [1.82, 2.24) is 10.6 Å². The second kappa shape index (κ2) is 11.4. The van der Waals surface area contributed by atoms with Crippen molar-refractivity contribution < 1.29 is 29.2 Å². The zero-order valence-corrected chi connectivity index (χ0v) is 17.7. The number of carbonyl (C=O) groups is 3. The first kappa shape index (κ1) is 24.3. The third-order valence-electron chi connectivity index (χ3n) is 4.64. The van der Waals surface area contributed by atoms with Crippen LogP contribution >= 0.6 is 0 Å². The summed E-state index contributed by atoms with van der Waals surface area (Å²) >= 11 is 0. The number of nitro benzene ring substituents is 1. The molecule has 0 heterocycles. The maximum absolute atomic E-state index is 12.7. The zero-order chi connectivity index (χ0) is 23.7. The van der Waals surface area contributed by atoms with Gasteiger partial charge in [-0.2, -0.15) is 0 Å². The molecular formula is C22H25N3O7. The molecule has 10 nitrogen and oxygen atoms in total. The fourth-order valence-electron chi connectivity index (χ4n) is 2.88. The first-order valence-electron chi connectivity index (χ1n) is 9.91. The number of nitrogens with one attached hydrogen (secondary N) is 2. The number of rotatable bonds is 10. The summed E-state index contributed by atoms with van der Waals surface area (Å²) in [6, 6.07) is 12.1. The topological polar surface area (TPSA) is 148 Å². The monoisotopic (exact) mass is 443 g/mol. The normalized spacial score (nSPS) is 12.5. The van der Waals surface area contributed by atoms with E-state index >= 15 is 0 Å². The minimum absolute atomic E-state index is 0.0248. The van der Waals surface area contributed by atoms with Gasteiger partial charge in [0, 0.05) is 18.6 Å². The standard InChI is InChI=1S/C22H25N3O7/c1-14(2)19(24-22(29)32-13-16-6-4-3-5-7-16)20(26)23-18(21(27)28)12-15-8-10-17(11-9-15)25(30)31/h3-11,14,18-19H,12-13H2,1-2H3,(H,23,26)(H,24,29)(H,27,28)/t18-,19+/m1/s1. The number of non-ortho nitro benzene ring substituents is 1. The fourth-order valence-corrected chi connectivity index (χ4v) is 2.88. The molecule has 0 aliphatic heterocycles. The van der Waals surface area contributed by atoms with Gasteiger partial charge in [-0.1, -0.05) is 56.3 Å². The molecule has 0 unspecified atom stereocenters. The molecule has 2 amide bonds. The van der Waals surface area contributed by atoms with Gasteiger partial charge in [0.25, 0.3) is 5.69 Å². The van der Waals surface area contributed by atoms with E-state index < -0.39 is 35.0 Å². The van der Waals surface area contributed by atoms with E-state index in [1.807, 2.05) is 6.07 Å². The second-order valence-electron chi connectivity index (χ2n) is 7.45. The Morgan fingerprint density at radius 1 is 1.00 bits per heavy atom. The van der Waals surface area contributed by atoms with Crippen LogP contribution in [-0.4, -0.2) is 40.1 Å². The minimum atomic E-state index is -1.28. The van der Waals surface area contributed by atoms with Gasteiger partial charge in [0.1, 0.15) is 18.7 Å². The Bertz CT molecular complexity index is 946. The van der Waals surface area contributed by atoms with Gasteiger partial charge in [0.05, 0.1) is 4.92 Å². The Labute approximate surface area is 184 Å². The van der Waals surface area contributed by atoms with Crippen molar-refractivity contribution >= 4 is 23.7 Å². The lowest BCUT2D eigenvalue weighted by Gasteiger charge is -2.24. The minimum Gasteiger partial charge on any atom is -0.480 e. The molecule has 32 heavy (non-hydrogen) atoms. The van der Waals surface area contributed by atoms with Gasteiger partial charge in [-0.3, -0.25) is 14.9 Å². The molecule has 2 aromatic rings. The Morgan fingerprint density at radius 3 is 2.16 bits per heavy atom. The predicted octanol–water partition coefficient (Wildman–Crippen LogP) is 2.66. The number of benzene rings is 2. The van der Waals surface area contributed by atoms with Gasteiger partial charge < -0.3 is 20.5 Å². The smallest absolute Gasteiger partial charge is 0.408 e. The number of aliphatic carboxylic acids is 1. The Hall–Kier alpha value is -3.95. The molecule has 0 bridgehead atoms. The van der Waals surface area contributed by atoms with Crippen LogP contribution in [0.5, 0.6) is 0 Å². The molecule has 2 aromatic carbocycles. The molecule has 0 fully saturated rings. The lowest BCUT2D eigenvalue weighted by atomic mass is 10.0. The van der Waals surface area contributed by atoms with Crippen molar-refractivity contribution in [3.63, 3.8) is 0 Å². The summed E-state index contributed by atoms with van der Waals surface area (Å²) in [5, 5.41) is 25.1. The highest BCUT2D eigenvalue weighted by Crippen LogP contribution is 2.14. The van der Waals surface area contributed by atoms with Crippen LogP contribution in [0.4, 0.5) is 10.5 Å². The first-order chi connectivity index (χ1) is 15.2. The van der Waals surface area contributed by atoms with Gasteiger partial charge in [0.2, 0.25) is 5.91 Å². The summed E-state index contributed by atoms with van der Waals surface area (Å²) < 4.78 is 5.14. The van der Waals surface area contributed by atoms with Crippen molar-refractivity contribution in [3.05, 3.63) is 75.8 Å². The zero-order valence-electron chi connectivity index (χ0n) is 17.7. The summed E-state index contributed by atoms with van der Waals surface area (Å²) in [5.41, 5.74) is 1.16. The number of carboxylic acid groups (broad SMARTS) is 1. The number of alkyl carbamates (subject to hydrolysis) is 1. The summed E-state index contributed by atoms with van der Waals surface area (Å²) in [4.78, 5) is 46.7. The number of carbonyl (C=O) groups excluding carboxylic acids is 2. The Balaban J connectivity index is 1.99. The molecule has 3 N–H and O–H groups in total. The lowest BCUT2D eigenvalue weighted by Crippen LogP contribution is -2.54. The molecule has 0 saturated heterocycles. The SMILES string of the molecule is CC(C)[C@H](NC(=O)OCc1ccccc1)C(=O)N[C@H](Cc1ccc([N+](=O)[O-])cc1)C(=O)O. The van der Waals surface area contributed by atoms with Gasteiger partial charge in [-0.15, -0.1) is 0 Å². The number of carboxylic acids is 1. The molecule has 0 aliphatic rings. The molecule has 0 spiro atoms. The molecule has 2 rings (SSSR count). The summed E-state index contributed by atoms with van der Waals surface area (Å²) in [6.07, 6.45) is -0.882. The van der Waals surface area contributed by atoms with Crippen LogP contribution in [0.2, 0.25) is 0 Å². The van der Waals surface area contributed by atoms with E-state index in [9.17, 15) is 29.6 Å². The van der Waals surface area contributed by atoms with Crippen molar-refractivity contribution in [3.8, 4) is 0 Å². The highest BCUT2D eigenvalue weighted by atomic mass is 16.6. The van der Waals surface area contributed by atoms with Gasteiger partial charge in [-0.05, 0) is 17.0 Å². The van der Waals surface area contributed by atoms with E-state index in [4.69, 9.17) is 4.74 Å². The molecule has 0 aliphatic carbocycles. The Kier molecular flexibility index (Phi) is 8.70. The summed E-state index contributed by atoms with van der Waals surface area (Å²) in [6.45, 7) is 3.43. The van der Waals surface area contributed by atoms with Crippen LogP contribution < -0.4 is 10.6 Å². The average molecular weight is 443 g/mol. The first-order valence-corrected chi connectivity index (χ1v) is 9.91. The van der Waals surface area contributed by atoms with E-state index in [0.29, 0.717) is 5.56 Å². The number of hydrogen-bond acceptors (Lipinski definition) is 6. The number of ether oxygens (including phenoxy) is 1. The van der Waals surface area contributed by atoms with E-state index in [-0.39, 0.29) is 24.6 Å². The van der Waals surface area contributed by atoms with E-state index in [1.54, 1.807) is 38.1 Å². The molecule has 170 valence electrons. The van der Waals surface area contributed by atoms with Crippen LogP contribution in [0.1, 0.15) is 25.0 Å². The van der Waals surface area contributed by atoms with E-state index in [0.717, 1.165) is 5.56 Å². The van der Waals surface area contributed by atoms with Crippen molar-refractivity contribution in [1.29, 1.82) is 0 Å². The van der Waals surface area contributed by atoms with Crippen molar-refractivity contribution in [2.75, 3.05) is 0 Å². The number of nitrogens with zero attached hydrogens (tertiary/aromatic N) is 1. The average Bonchev–Trinajstić information content (AvgIpc) is 2.76. The van der Waals surface area contributed by atoms with Crippen LogP contribution in [-0.2, 0) is 27.4 Å². The molecule has 0 saturated carbocycles. The van der Waals surface area contributed by atoms with E-state index in [2.05, 4.69) is 10.6 Å². The van der Waals surface area contributed by atoms with E-state index in [1.165, 1.54) is 24.3 Å². The van der Waals surface area contributed by atoms with Crippen LogP contribution in [0.3, 0.4) is 0 Å². The number of hydrogen-bond donors (Lipinski definition) is 3. The van der Waals surface area contributed by atoms with Gasteiger partial charge in [0.15, 0.2) is 0 Å². The maximum atomic E-state index is 12.7. The van der Waals surface area contributed by atoms with Crippen LogP contribution in [0.25, 0.3) is 0 Å². The Morgan fingerprint density at radius 2 is 1.62 bits per heavy atom. The van der Waals surface area contributed by atoms with Crippen LogP contribution in [0.15, 0.2) is 54.6 Å². The molecule has 10 heteroatoms. The number of nitro groups is 1. The predicted molar refractivity (Wildman–Crippen MR) is 115 cm³/mol. The molecule has 0 radical (unpaired) electrons. The highest BCUT2D eigenvalue weighted by molar-refractivity contribution is 5.89. The van der Waals surface area contributed by atoms with Gasteiger partial charge >= 0.3 is 12.1 Å². The number of amides is 2. The highest BCUT2D eigenvalue weighted by Gasteiger charge is 2.29. The summed E-state index contributed by atoms with van der Waals surface area (Å²) in [7, 11) is 0. The van der Waals surface area contributed by atoms with Crippen LogP contribution in [0, 0.1) is 16.0 Å². The summed E-state index contributed by atoms with van der Waals surface area (Å²) in [5.74, 6) is -2.29. The van der Waals surface area contributed by atoms with Gasteiger partial charge in [-0.25, -0.2) is 9.59 Å². The molecule has 0 aromatic heterocycles.